The Bertz CT molecular complexity index is 327. The number of hydrogen-bond acceptors (Lipinski definition) is 3. The maximum Gasteiger partial charge on any atom is 0.0240 e. The fourth-order valence-corrected chi connectivity index (χ4v) is 2.87. The average Bonchev–Trinajstić information content (AvgIpc) is 2.35. The highest BCUT2D eigenvalue weighted by atomic mass is 15.3. The third-order valence-corrected chi connectivity index (χ3v) is 3.83. The predicted molar refractivity (Wildman–Crippen MR) is 71.3 cm³/mol. The second-order valence-corrected chi connectivity index (χ2v) is 5.19. The van der Waals surface area contributed by atoms with Crippen LogP contribution in [0.4, 0.5) is 0 Å². The summed E-state index contributed by atoms with van der Waals surface area (Å²) in [6, 6.07) is 12.3. The number of rotatable bonds is 3. The summed E-state index contributed by atoms with van der Waals surface area (Å²) in [6.45, 7) is 5.63. The molecule has 0 amide bonds. The third-order valence-electron chi connectivity index (χ3n) is 3.83. The second-order valence-electron chi connectivity index (χ2n) is 5.19. The number of hydrogen-bond donors (Lipinski definition) is 2. The van der Waals surface area contributed by atoms with Crippen molar-refractivity contribution in [2.45, 2.75) is 51.4 Å². The lowest BCUT2D eigenvalue weighted by molar-refractivity contribution is 0.0752. The Hall–Kier alpha value is -0.900. The van der Waals surface area contributed by atoms with Gasteiger partial charge in [-0.2, -0.15) is 0 Å². The quantitative estimate of drug-likeness (QED) is 0.619. The Balaban J connectivity index is 2.01. The number of nitrogens with zero attached hydrogens (tertiary/aromatic N) is 1. The Morgan fingerprint density at radius 3 is 2.29 bits per heavy atom. The standard InChI is InChI=1S/C14H23N3/c1-11-8-14(16-15)9-12(2)17(11)10-13-6-4-3-5-7-13/h3-7,11-12,14,16H,8-10,15H2,1-2H3. The maximum atomic E-state index is 5.56. The van der Waals surface area contributed by atoms with E-state index in [1.807, 2.05) is 0 Å². The molecule has 1 fully saturated rings. The number of likely N-dealkylation sites (tertiary alicyclic amines) is 1. The fraction of sp³-hybridized carbons (Fsp3) is 0.571. The number of hydrazine groups is 1. The van der Waals surface area contributed by atoms with Gasteiger partial charge < -0.3 is 0 Å². The monoisotopic (exact) mass is 233 g/mol. The molecule has 1 aliphatic rings. The zero-order valence-corrected chi connectivity index (χ0v) is 10.8. The van der Waals surface area contributed by atoms with Crippen molar-refractivity contribution in [3.63, 3.8) is 0 Å². The summed E-state index contributed by atoms with van der Waals surface area (Å²) in [5, 5.41) is 0. The van der Waals surface area contributed by atoms with E-state index in [0.717, 1.165) is 19.4 Å². The molecular weight excluding hydrogens is 210 g/mol. The topological polar surface area (TPSA) is 41.3 Å². The van der Waals surface area contributed by atoms with Crippen molar-refractivity contribution in [1.82, 2.24) is 10.3 Å². The first kappa shape index (κ1) is 12.6. The molecule has 1 aromatic carbocycles. The van der Waals surface area contributed by atoms with Gasteiger partial charge in [-0.1, -0.05) is 30.3 Å². The van der Waals surface area contributed by atoms with Crippen LogP contribution in [0, 0.1) is 0 Å². The zero-order valence-electron chi connectivity index (χ0n) is 10.8. The maximum absolute atomic E-state index is 5.56. The summed E-state index contributed by atoms with van der Waals surface area (Å²) in [5.74, 6) is 5.56. The Morgan fingerprint density at radius 2 is 1.76 bits per heavy atom. The van der Waals surface area contributed by atoms with E-state index in [9.17, 15) is 0 Å². The van der Waals surface area contributed by atoms with Crippen molar-refractivity contribution in [2.24, 2.45) is 5.84 Å². The molecule has 0 aliphatic carbocycles. The lowest BCUT2D eigenvalue weighted by atomic mass is 9.92. The van der Waals surface area contributed by atoms with Crippen molar-refractivity contribution in [3.8, 4) is 0 Å². The van der Waals surface area contributed by atoms with Gasteiger partial charge in [-0.3, -0.25) is 16.2 Å². The number of nitrogens with one attached hydrogen (secondary N) is 1. The van der Waals surface area contributed by atoms with Gasteiger partial charge in [-0.15, -0.1) is 0 Å². The smallest absolute Gasteiger partial charge is 0.0240 e. The molecule has 2 unspecified atom stereocenters. The van der Waals surface area contributed by atoms with Gasteiger partial charge in [0.25, 0.3) is 0 Å². The van der Waals surface area contributed by atoms with Crippen LogP contribution in [-0.2, 0) is 6.54 Å². The molecule has 94 valence electrons. The van der Waals surface area contributed by atoms with Crippen LogP contribution >= 0.6 is 0 Å². The number of benzene rings is 1. The molecule has 0 spiro atoms. The zero-order chi connectivity index (χ0) is 12.3. The molecule has 0 saturated carbocycles. The number of nitrogens with two attached hydrogens (primary N) is 1. The third kappa shape index (κ3) is 3.06. The van der Waals surface area contributed by atoms with Crippen LogP contribution in [0.1, 0.15) is 32.3 Å². The van der Waals surface area contributed by atoms with Crippen LogP contribution < -0.4 is 11.3 Å². The van der Waals surface area contributed by atoms with E-state index in [2.05, 4.69) is 54.5 Å². The van der Waals surface area contributed by atoms with E-state index >= 15 is 0 Å². The van der Waals surface area contributed by atoms with Gasteiger partial charge in [-0.25, -0.2) is 0 Å². The molecule has 2 atom stereocenters. The molecule has 3 heteroatoms. The van der Waals surface area contributed by atoms with Crippen LogP contribution in [0.2, 0.25) is 0 Å². The van der Waals surface area contributed by atoms with E-state index in [-0.39, 0.29) is 0 Å². The van der Waals surface area contributed by atoms with Crippen molar-refractivity contribution >= 4 is 0 Å². The Labute approximate surface area is 104 Å². The van der Waals surface area contributed by atoms with Gasteiger partial charge in [-0.05, 0) is 32.3 Å². The Morgan fingerprint density at radius 1 is 1.18 bits per heavy atom. The molecule has 3 nitrogen and oxygen atoms in total. The number of piperidine rings is 1. The van der Waals surface area contributed by atoms with E-state index in [0.29, 0.717) is 18.1 Å². The molecule has 1 saturated heterocycles. The average molecular weight is 233 g/mol. The van der Waals surface area contributed by atoms with Gasteiger partial charge >= 0.3 is 0 Å². The van der Waals surface area contributed by atoms with Crippen molar-refractivity contribution in [2.75, 3.05) is 0 Å². The first-order chi connectivity index (χ1) is 8.20. The van der Waals surface area contributed by atoms with Crippen molar-refractivity contribution in [3.05, 3.63) is 35.9 Å². The molecule has 1 aromatic rings. The first-order valence-electron chi connectivity index (χ1n) is 6.46. The summed E-state index contributed by atoms with van der Waals surface area (Å²) in [7, 11) is 0. The van der Waals surface area contributed by atoms with Crippen LogP contribution in [0.3, 0.4) is 0 Å². The van der Waals surface area contributed by atoms with E-state index < -0.39 is 0 Å². The van der Waals surface area contributed by atoms with E-state index in [1.165, 1.54) is 5.56 Å². The van der Waals surface area contributed by atoms with Gasteiger partial charge in [0.1, 0.15) is 0 Å². The van der Waals surface area contributed by atoms with Gasteiger partial charge in [0, 0.05) is 24.7 Å². The lowest BCUT2D eigenvalue weighted by Gasteiger charge is -2.42. The second kappa shape index (κ2) is 5.63. The van der Waals surface area contributed by atoms with E-state index in [1.54, 1.807) is 0 Å². The van der Waals surface area contributed by atoms with E-state index in [4.69, 9.17) is 5.84 Å². The summed E-state index contributed by atoms with van der Waals surface area (Å²) in [4.78, 5) is 2.57. The van der Waals surface area contributed by atoms with Crippen LogP contribution in [0.25, 0.3) is 0 Å². The highest BCUT2D eigenvalue weighted by Crippen LogP contribution is 2.24. The lowest BCUT2D eigenvalue weighted by Crippen LogP contribution is -2.52. The highest BCUT2D eigenvalue weighted by Gasteiger charge is 2.29. The molecule has 2 rings (SSSR count). The van der Waals surface area contributed by atoms with Gasteiger partial charge in [0.15, 0.2) is 0 Å². The highest BCUT2D eigenvalue weighted by molar-refractivity contribution is 5.15. The van der Waals surface area contributed by atoms with Crippen LogP contribution in [0.15, 0.2) is 30.3 Å². The molecule has 0 aromatic heterocycles. The molecule has 1 aliphatic heterocycles. The largest absolute Gasteiger partial charge is 0.294 e. The van der Waals surface area contributed by atoms with Gasteiger partial charge in [0.2, 0.25) is 0 Å². The van der Waals surface area contributed by atoms with Gasteiger partial charge in [0.05, 0.1) is 0 Å². The van der Waals surface area contributed by atoms with Crippen molar-refractivity contribution < 1.29 is 0 Å². The fourth-order valence-electron chi connectivity index (χ4n) is 2.87. The molecule has 0 radical (unpaired) electrons. The molecule has 3 N–H and O–H groups in total. The molecule has 17 heavy (non-hydrogen) atoms. The minimum absolute atomic E-state index is 0.465. The summed E-state index contributed by atoms with van der Waals surface area (Å²) in [6.07, 6.45) is 2.27. The van der Waals surface area contributed by atoms with Crippen molar-refractivity contribution in [1.29, 1.82) is 0 Å². The summed E-state index contributed by atoms with van der Waals surface area (Å²) < 4.78 is 0. The normalized spacial score (nSPS) is 30.4. The minimum atomic E-state index is 0.465. The van der Waals surface area contributed by atoms with Crippen LogP contribution in [-0.4, -0.2) is 23.0 Å². The minimum Gasteiger partial charge on any atom is -0.294 e. The Kier molecular flexibility index (Phi) is 4.15. The predicted octanol–water partition coefficient (Wildman–Crippen LogP) is 1.89. The molecule has 1 heterocycles. The summed E-state index contributed by atoms with van der Waals surface area (Å²) >= 11 is 0. The van der Waals surface area contributed by atoms with Crippen LogP contribution in [0.5, 0.6) is 0 Å². The summed E-state index contributed by atoms with van der Waals surface area (Å²) in [5.41, 5.74) is 4.32. The first-order valence-corrected chi connectivity index (χ1v) is 6.46. The molecule has 0 bridgehead atoms. The molecular formula is C14H23N3. The SMILES string of the molecule is CC1CC(NN)CC(C)N1Cc1ccccc1.